The van der Waals surface area contributed by atoms with Crippen molar-refractivity contribution in [3.63, 3.8) is 0 Å². The fourth-order valence-corrected chi connectivity index (χ4v) is 5.31. The van der Waals surface area contributed by atoms with Crippen LogP contribution >= 0.6 is 0 Å². The molecule has 0 saturated heterocycles. The van der Waals surface area contributed by atoms with Crippen LogP contribution in [-0.2, 0) is 9.53 Å². The van der Waals surface area contributed by atoms with Crippen molar-refractivity contribution in [2.24, 2.45) is 29.6 Å². The van der Waals surface area contributed by atoms with Crippen LogP contribution in [0, 0.1) is 29.6 Å². The smallest absolute Gasteiger partial charge is 0.303 e. The number of rotatable bonds is 2. The van der Waals surface area contributed by atoms with Crippen molar-refractivity contribution in [1.82, 2.24) is 0 Å². The van der Waals surface area contributed by atoms with Gasteiger partial charge in [0.15, 0.2) is 0 Å². The van der Waals surface area contributed by atoms with Gasteiger partial charge in [-0.2, -0.15) is 0 Å². The van der Waals surface area contributed by atoms with Gasteiger partial charge in [-0.15, -0.1) is 0 Å². The average molecular weight is 236 g/mol. The topological polar surface area (TPSA) is 26.3 Å². The highest BCUT2D eigenvalue weighted by atomic mass is 16.6. The first-order valence-electron chi connectivity index (χ1n) is 7.18. The van der Waals surface area contributed by atoms with E-state index >= 15 is 0 Å². The van der Waals surface area contributed by atoms with Crippen LogP contribution in [0.4, 0.5) is 0 Å². The molecule has 17 heavy (non-hydrogen) atoms. The molecule has 0 heterocycles. The predicted octanol–water partition coefficient (Wildman–Crippen LogP) is 3.40. The third-order valence-electron chi connectivity index (χ3n) is 5.73. The van der Waals surface area contributed by atoms with Gasteiger partial charge in [0, 0.05) is 12.8 Å². The number of carbonyl (C=O) groups is 1. The molecule has 0 radical (unpaired) electrons. The van der Waals surface area contributed by atoms with Gasteiger partial charge in [0.05, 0.1) is 0 Å². The molecule has 3 fully saturated rings. The number of hydrogen-bond acceptors (Lipinski definition) is 2. The molecule has 0 amide bonds. The third-order valence-corrected chi connectivity index (χ3v) is 5.73. The summed E-state index contributed by atoms with van der Waals surface area (Å²) < 4.78 is 5.58. The average Bonchev–Trinajstić information content (AvgIpc) is 2.88. The van der Waals surface area contributed by atoms with Gasteiger partial charge in [-0.3, -0.25) is 4.79 Å². The molecule has 2 bridgehead atoms. The summed E-state index contributed by atoms with van der Waals surface area (Å²) in [6, 6.07) is 0. The summed E-state index contributed by atoms with van der Waals surface area (Å²) in [4.78, 5) is 11.2. The second-order valence-corrected chi connectivity index (χ2v) is 6.96. The molecular weight excluding hydrogens is 212 g/mol. The number of carbonyl (C=O) groups excluding carboxylic acids is 1. The molecule has 96 valence electrons. The van der Waals surface area contributed by atoms with Crippen molar-refractivity contribution in [2.45, 2.75) is 58.5 Å². The van der Waals surface area contributed by atoms with Crippen LogP contribution in [0.15, 0.2) is 0 Å². The Balaban J connectivity index is 1.76. The number of fused-ring (bicyclic) bond motifs is 5. The number of ether oxygens (including phenoxy) is 1. The van der Waals surface area contributed by atoms with Crippen molar-refractivity contribution < 1.29 is 9.53 Å². The highest BCUT2D eigenvalue weighted by Crippen LogP contribution is 2.63. The molecule has 3 rings (SSSR count). The Morgan fingerprint density at radius 3 is 2.53 bits per heavy atom. The van der Waals surface area contributed by atoms with E-state index in [1.807, 2.05) is 0 Å². The molecule has 0 aromatic rings. The highest BCUT2D eigenvalue weighted by molar-refractivity contribution is 5.66. The molecule has 0 aliphatic heterocycles. The largest absolute Gasteiger partial charge is 0.460 e. The summed E-state index contributed by atoms with van der Waals surface area (Å²) in [6.45, 7) is 5.76. The van der Waals surface area contributed by atoms with Gasteiger partial charge in [0.25, 0.3) is 0 Å². The maximum Gasteiger partial charge on any atom is 0.303 e. The summed E-state index contributed by atoms with van der Waals surface area (Å²) >= 11 is 0. The lowest BCUT2D eigenvalue weighted by Crippen LogP contribution is -2.42. The molecule has 2 heteroatoms. The van der Waals surface area contributed by atoms with E-state index in [4.69, 9.17) is 4.74 Å². The lowest BCUT2D eigenvalue weighted by Gasteiger charge is -2.40. The summed E-state index contributed by atoms with van der Waals surface area (Å²) in [7, 11) is 0. The molecule has 3 saturated carbocycles. The van der Waals surface area contributed by atoms with Crippen LogP contribution in [0.2, 0.25) is 0 Å². The minimum atomic E-state index is -0.251. The lowest BCUT2D eigenvalue weighted by atomic mass is 9.70. The molecule has 3 aliphatic rings. The Bertz CT molecular complexity index is 334. The second kappa shape index (κ2) is 3.73. The van der Waals surface area contributed by atoms with Crippen molar-refractivity contribution in [3.05, 3.63) is 0 Å². The van der Waals surface area contributed by atoms with Crippen LogP contribution in [0.1, 0.15) is 52.9 Å². The first-order valence-corrected chi connectivity index (χ1v) is 7.18. The van der Waals surface area contributed by atoms with Crippen molar-refractivity contribution in [3.8, 4) is 0 Å². The Hall–Kier alpha value is -0.530. The SMILES string of the molecule is CC(=O)OC(C)(C)C1CC2CC1C1CCCC21. The van der Waals surface area contributed by atoms with Gasteiger partial charge >= 0.3 is 5.97 Å². The van der Waals surface area contributed by atoms with Gasteiger partial charge < -0.3 is 4.74 Å². The quantitative estimate of drug-likeness (QED) is 0.687. The normalized spacial score (nSPS) is 43.8. The van der Waals surface area contributed by atoms with Crippen LogP contribution in [0.5, 0.6) is 0 Å². The van der Waals surface area contributed by atoms with Crippen molar-refractivity contribution >= 4 is 5.97 Å². The Morgan fingerprint density at radius 1 is 1.12 bits per heavy atom. The minimum Gasteiger partial charge on any atom is -0.460 e. The summed E-state index contributed by atoms with van der Waals surface area (Å²) in [6.07, 6.45) is 7.03. The fourth-order valence-electron chi connectivity index (χ4n) is 5.31. The zero-order valence-corrected chi connectivity index (χ0v) is 11.2. The molecule has 5 unspecified atom stereocenters. The zero-order valence-electron chi connectivity index (χ0n) is 11.2. The van der Waals surface area contributed by atoms with Crippen LogP contribution in [0.3, 0.4) is 0 Å². The molecule has 0 spiro atoms. The van der Waals surface area contributed by atoms with E-state index in [1.54, 1.807) is 0 Å². The van der Waals surface area contributed by atoms with Crippen LogP contribution in [0.25, 0.3) is 0 Å². The van der Waals surface area contributed by atoms with E-state index in [9.17, 15) is 4.79 Å². The second-order valence-electron chi connectivity index (χ2n) is 6.96. The lowest BCUT2D eigenvalue weighted by molar-refractivity contribution is -0.162. The van der Waals surface area contributed by atoms with Crippen molar-refractivity contribution in [2.75, 3.05) is 0 Å². The van der Waals surface area contributed by atoms with E-state index < -0.39 is 0 Å². The van der Waals surface area contributed by atoms with E-state index in [-0.39, 0.29) is 11.6 Å². The standard InChI is InChI=1S/C15H24O2/c1-9(16)17-15(2,3)14-8-10-7-13(14)12-6-4-5-11(10)12/h10-14H,4-8H2,1-3H3. The van der Waals surface area contributed by atoms with E-state index in [0.29, 0.717) is 5.92 Å². The van der Waals surface area contributed by atoms with Gasteiger partial charge in [0.2, 0.25) is 0 Å². The van der Waals surface area contributed by atoms with E-state index in [1.165, 1.54) is 39.0 Å². The fraction of sp³-hybridized carbons (Fsp3) is 0.933. The maximum absolute atomic E-state index is 11.2. The Kier molecular flexibility index (Phi) is 2.53. The first kappa shape index (κ1) is 11.6. The molecule has 0 aromatic carbocycles. The van der Waals surface area contributed by atoms with Gasteiger partial charge in [-0.05, 0) is 63.2 Å². The molecular formula is C15H24O2. The van der Waals surface area contributed by atoms with Gasteiger partial charge in [-0.1, -0.05) is 6.42 Å². The molecule has 0 N–H and O–H groups in total. The van der Waals surface area contributed by atoms with E-state index in [0.717, 1.165) is 23.7 Å². The minimum absolute atomic E-state index is 0.124. The maximum atomic E-state index is 11.2. The third kappa shape index (κ3) is 1.71. The van der Waals surface area contributed by atoms with E-state index in [2.05, 4.69) is 13.8 Å². The molecule has 5 atom stereocenters. The number of hydrogen-bond donors (Lipinski definition) is 0. The molecule has 2 nitrogen and oxygen atoms in total. The van der Waals surface area contributed by atoms with Gasteiger partial charge in [-0.25, -0.2) is 0 Å². The predicted molar refractivity (Wildman–Crippen MR) is 66.4 cm³/mol. The summed E-state index contributed by atoms with van der Waals surface area (Å²) in [5.41, 5.74) is -0.251. The summed E-state index contributed by atoms with van der Waals surface area (Å²) in [5.74, 6) is 4.23. The number of esters is 1. The Labute approximate surface area is 104 Å². The van der Waals surface area contributed by atoms with Crippen molar-refractivity contribution in [1.29, 1.82) is 0 Å². The molecule has 3 aliphatic carbocycles. The summed E-state index contributed by atoms with van der Waals surface area (Å²) in [5, 5.41) is 0. The van der Waals surface area contributed by atoms with Gasteiger partial charge in [0.1, 0.15) is 5.60 Å². The Morgan fingerprint density at radius 2 is 1.82 bits per heavy atom. The van der Waals surface area contributed by atoms with Crippen LogP contribution < -0.4 is 0 Å². The van der Waals surface area contributed by atoms with Crippen LogP contribution in [-0.4, -0.2) is 11.6 Å². The monoisotopic (exact) mass is 236 g/mol. The highest BCUT2D eigenvalue weighted by Gasteiger charge is 2.57. The first-order chi connectivity index (χ1) is 7.99. The zero-order chi connectivity index (χ0) is 12.2. The molecule has 0 aromatic heterocycles.